The first-order valence-corrected chi connectivity index (χ1v) is 10.2. The van der Waals surface area contributed by atoms with Crippen LogP contribution in [0.4, 0.5) is 0 Å². The number of rotatable bonds is 8. The molecule has 1 saturated heterocycles. The van der Waals surface area contributed by atoms with Gasteiger partial charge >= 0.3 is 23.5 Å². The summed E-state index contributed by atoms with van der Waals surface area (Å²) in [6.07, 6.45) is -4.35. The Morgan fingerprint density at radius 3 is 1.96 bits per heavy atom. The van der Waals surface area contributed by atoms with E-state index in [4.69, 9.17) is 22.4 Å². The largest absolute Gasteiger partial charge is 0.490 e. The van der Waals surface area contributed by atoms with E-state index in [9.17, 15) is 28.8 Å². The van der Waals surface area contributed by atoms with Gasteiger partial charge in [-0.2, -0.15) is 8.62 Å². The van der Waals surface area contributed by atoms with E-state index >= 15 is 0 Å². The van der Waals surface area contributed by atoms with E-state index in [1.54, 1.807) is 0 Å². The van der Waals surface area contributed by atoms with Crippen molar-refractivity contribution in [2.45, 2.75) is 24.3 Å². The van der Waals surface area contributed by atoms with E-state index in [-0.39, 0.29) is 0 Å². The van der Waals surface area contributed by atoms with Crippen molar-refractivity contribution < 1.29 is 61.0 Å². The second-order valence-electron chi connectivity index (χ2n) is 4.17. The van der Waals surface area contributed by atoms with E-state index < -0.39 is 54.4 Å². The summed E-state index contributed by atoms with van der Waals surface area (Å²) in [4.78, 5) is 27.2. The molecule has 23 heavy (non-hydrogen) atoms. The third-order valence-corrected chi connectivity index (χ3v) is 6.68. The quantitative estimate of drug-likeness (QED) is 0.236. The molecule has 5 N–H and O–H groups in total. The van der Waals surface area contributed by atoms with Gasteiger partial charge in [-0.1, -0.05) is 0 Å². The molecule has 1 heterocycles. The van der Waals surface area contributed by atoms with Crippen molar-refractivity contribution in [1.29, 1.82) is 0 Å². The number of aliphatic hydroxyl groups excluding tert-OH is 2. The van der Waals surface area contributed by atoms with Gasteiger partial charge in [-0.05, 0) is 0 Å². The van der Waals surface area contributed by atoms with Crippen molar-refractivity contribution in [2.24, 2.45) is 0 Å². The predicted octanol–water partition coefficient (Wildman–Crippen LogP) is -1.40. The Morgan fingerprint density at radius 1 is 1.00 bits per heavy atom. The number of hydrogen-bond donors (Lipinski definition) is 5. The summed E-state index contributed by atoms with van der Waals surface area (Å²) in [5.74, 6) is 0. The molecule has 7 atom stereocenters. The SMILES string of the molecule is [B][C@@H]1O[C@H](COP(=O)(O)OP(=O)(O)OP(=O)(O)OC)C(O)C1O. The Balaban J connectivity index is 2.61. The fourth-order valence-corrected chi connectivity index (χ4v) is 4.68. The van der Waals surface area contributed by atoms with Crippen molar-refractivity contribution in [3.8, 4) is 0 Å². The summed E-state index contributed by atoms with van der Waals surface area (Å²) in [5.41, 5.74) is 0. The molecule has 0 amide bonds. The molecule has 134 valence electrons. The molecular formula is C6H14BO13P3. The lowest BCUT2D eigenvalue weighted by molar-refractivity contribution is -0.00870. The van der Waals surface area contributed by atoms with Gasteiger partial charge in [0.2, 0.25) is 0 Å². The molecule has 1 rings (SSSR count). The second-order valence-corrected chi connectivity index (χ2v) is 8.91. The van der Waals surface area contributed by atoms with Gasteiger partial charge in [0.15, 0.2) is 0 Å². The average molecular weight is 398 g/mol. The van der Waals surface area contributed by atoms with Gasteiger partial charge in [-0.25, -0.2) is 13.7 Å². The second kappa shape index (κ2) is 7.71. The van der Waals surface area contributed by atoms with Gasteiger partial charge < -0.3 is 29.6 Å². The summed E-state index contributed by atoms with van der Waals surface area (Å²) < 4.78 is 54.1. The van der Waals surface area contributed by atoms with Gasteiger partial charge in [0.05, 0.1) is 12.7 Å². The van der Waals surface area contributed by atoms with Gasteiger partial charge in [-0.3, -0.25) is 9.05 Å². The Morgan fingerprint density at radius 2 is 1.52 bits per heavy atom. The monoisotopic (exact) mass is 398 g/mol. The minimum atomic E-state index is -5.51. The van der Waals surface area contributed by atoms with E-state index in [0.717, 1.165) is 0 Å². The highest BCUT2D eigenvalue weighted by Crippen LogP contribution is 2.67. The summed E-state index contributed by atoms with van der Waals surface area (Å²) in [5, 5.41) is 18.8. The normalized spacial score (nSPS) is 36.1. The van der Waals surface area contributed by atoms with Crippen molar-refractivity contribution in [1.82, 2.24) is 0 Å². The van der Waals surface area contributed by atoms with Crippen LogP contribution in [0.1, 0.15) is 0 Å². The van der Waals surface area contributed by atoms with Crippen LogP contribution >= 0.6 is 23.5 Å². The molecular weight excluding hydrogens is 384 g/mol. The molecule has 5 unspecified atom stereocenters. The maximum Gasteiger partial charge on any atom is 0.490 e. The molecule has 1 fully saturated rings. The maximum absolute atomic E-state index is 11.5. The molecule has 0 saturated carbocycles. The molecule has 2 radical (unpaired) electrons. The molecule has 0 aromatic carbocycles. The number of phosphoric ester groups is 2. The number of hydrogen-bond acceptors (Lipinski definition) is 10. The fraction of sp³-hybridized carbons (Fsp3) is 1.00. The zero-order chi connectivity index (χ0) is 18.1. The Labute approximate surface area is 131 Å². The predicted molar refractivity (Wildman–Crippen MR) is 71.0 cm³/mol. The van der Waals surface area contributed by atoms with Crippen molar-refractivity contribution >= 4 is 31.3 Å². The van der Waals surface area contributed by atoms with Crippen LogP contribution in [0.2, 0.25) is 0 Å². The molecule has 1 aliphatic rings. The number of phosphoric acid groups is 3. The smallest absolute Gasteiger partial charge is 0.388 e. The first kappa shape index (κ1) is 21.4. The van der Waals surface area contributed by atoms with E-state index in [2.05, 4.69) is 17.7 Å². The lowest BCUT2D eigenvalue weighted by Crippen LogP contribution is -2.34. The third kappa shape index (κ3) is 6.64. The van der Waals surface area contributed by atoms with Crippen molar-refractivity contribution in [3.63, 3.8) is 0 Å². The topological polar surface area (TPSA) is 199 Å². The summed E-state index contributed by atoms with van der Waals surface area (Å²) in [7, 11) is -9.84. The molecule has 0 spiro atoms. The van der Waals surface area contributed by atoms with Crippen LogP contribution in [-0.2, 0) is 36.1 Å². The average Bonchev–Trinajstić information content (AvgIpc) is 2.61. The molecule has 1 aliphatic heterocycles. The molecule has 17 heteroatoms. The summed E-state index contributed by atoms with van der Waals surface area (Å²) in [6.45, 7) is -0.860. The molecule has 13 nitrogen and oxygen atoms in total. The van der Waals surface area contributed by atoms with E-state index in [1.165, 1.54) is 0 Å². The van der Waals surface area contributed by atoms with Crippen LogP contribution in [0.25, 0.3) is 0 Å². The minimum Gasteiger partial charge on any atom is -0.388 e. The first-order chi connectivity index (χ1) is 10.3. The van der Waals surface area contributed by atoms with Crippen molar-refractivity contribution in [2.75, 3.05) is 13.7 Å². The zero-order valence-electron chi connectivity index (χ0n) is 11.4. The Hall–Kier alpha value is 0.355. The van der Waals surface area contributed by atoms with Crippen LogP contribution in [0.5, 0.6) is 0 Å². The van der Waals surface area contributed by atoms with E-state index in [0.29, 0.717) is 7.11 Å². The number of ether oxygens (including phenoxy) is 1. The van der Waals surface area contributed by atoms with Crippen LogP contribution < -0.4 is 0 Å². The molecule has 0 aromatic heterocycles. The van der Waals surface area contributed by atoms with Gasteiger partial charge in [0.1, 0.15) is 20.1 Å². The van der Waals surface area contributed by atoms with Gasteiger partial charge in [-0.15, -0.1) is 0 Å². The zero-order valence-corrected chi connectivity index (χ0v) is 14.1. The van der Waals surface area contributed by atoms with Crippen LogP contribution in [0, 0.1) is 0 Å². The van der Waals surface area contributed by atoms with Crippen molar-refractivity contribution in [3.05, 3.63) is 0 Å². The fourth-order valence-electron chi connectivity index (χ4n) is 1.42. The van der Waals surface area contributed by atoms with E-state index in [1.807, 2.05) is 0 Å². The highest BCUT2D eigenvalue weighted by atomic mass is 31.3. The molecule has 0 aliphatic carbocycles. The van der Waals surface area contributed by atoms with Gasteiger partial charge in [0, 0.05) is 13.1 Å². The van der Waals surface area contributed by atoms with Crippen LogP contribution in [0.15, 0.2) is 0 Å². The highest BCUT2D eigenvalue weighted by Gasteiger charge is 2.44. The molecule has 0 bridgehead atoms. The number of aliphatic hydroxyl groups is 2. The Bertz CT molecular complexity index is 554. The standard InChI is InChI=1S/C6H14BO13P3/c1-16-21(10,11)19-23(14,15)20-22(12,13)17-2-3-4(8)5(9)6(7)18-3/h3-6,8-9H,2H2,1H3,(H,10,11)(H,12,13)(H,14,15)/t3-,4?,5?,6-/m1/s1. The third-order valence-electron chi connectivity index (χ3n) is 2.44. The lowest BCUT2D eigenvalue weighted by Gasteiger charge is -2.19. The minimum absolute atomic E-state index is 0.670. The highest BCUT2D eigenvalue weighted by molar-refractivity contribution is 7.66. The van der Waals surface area contributed by atoms with Gasteiger partial charge in [0.25, 0.3) is 0 Å². The lowest BCUT2D eigenvalue weighted by atomic mass is 9.93. The first-order valence-electron chi connectivity index (χ1n) is 5.67. The van der Waals surface area contributed by atoms with Crippen LogP contribution in [-0.4, -0.2) is 70.8 Å². The summed E-state index contributed by atoms with van der Waals surface area (Å²) >= 11 is 0. The molecule has 0 aromatic rings. The van der Waals surface area contributed by atoms with Crippen LogP contribution in [0.3, 0.4) is 0 Å². The maximum atomic E-state index is 11.5. The Kier molecular flexibility index (Phi) is 7.18. The summed E-state index contributed by atoms with van der Waals surface area (Å²) in [6, 6.07) is -1.27.